The van der Waals surface area contributed by atoms with Crippen molar-refractivity contribution in [2.75, 3.05) is 13.2 Å². The summed E-state index contributed by atoms with van der Waals surface area (Å²) in [6.45, 7) is 8.30. The van der Waals surface area contributed by atoms with Crippen LogP contribution in [0.1, 0.15) is 55.6 Å². The average molecular weight is 406 g/mol. The van der Waals surface area contributed by atoms with Crippen LogP contribution in [0.15, 0.2) is 42.5 Å². The van der Waals surface area contributed by atoms with Crippen LogP contribution in [0, 0.1) is 13.8 Å². The molecule has 1 aromatic heterocycles. The van der Waals surface area contributed by atoms with E-state index in [1.807, 2.05) is 17.0 Å². The van der Waals surface area contributed by atoms with E-state index in [2.05, 4.69) is 48.7 Å². The number of hydrogen-bond acceptors (Lipinski definition) is 3. The Morgan fingerprint density at radius 2 is 1.97 bits per heavy atom. The van der Waals surface area contributed by atoms with E-state index < -0.39 is 0 Å². The lowest BCUT2D eigenvalue weighted by Crippen LogP contribution is -2.30. The van der Waals surface area contributed by atoms with Gasteiger partial charge in [-0.2, -0.15) is 0 Å². The predicted molar refractivity (Wildman–Crippen MR) is 120 cm³/mol. The molecule has 0 N–H and O–H groups in total. The van der Waals surface area contributed by atoms with E-state index in [0.717, 1.165) is 61.4 Å². The van der Waals surface area contributed by atoms with Crippen molar-refractivity contribution in [3.63, 3.8) is 0 Å². The zero-order chi connectivity index (χ0) is 21.1. The molecule has 2 heterocycles. The third-order valence-electron chi connectivity index (χ3n) is 6.16. The molecule has 2 aromatic carbocycles. The molecular formula is C25H31N3O2. The highest BCUT2D eigenvalue weighted by atomic mass is 16.5. The maximum Gasteiger partial charge on any atom is 0.220 e. The predicted octanol–water partition coefficient (Wildman–Crippen LogP) is 5.20. The molecular weight excluding hydrogens is 374 g/mol. The first kappa shape index (κ1) is 20.5. The van der Waals surface area contributed by atoms with E-state index in [0.29, 0.717) is 6.61 Å². The second-order valence-corrected chi connectivity index (χ2v) is 8.28. The van der Waals surface area contributed by atoms with Gasteiger partial charge >= 0.3 is 0 Å². The Morgan fingerprint density at radius 1 is 1.13 bits per heavy atom. The number of benzene rings is 2. The number of carbonyl (C=O) groups excluding carboxylic acids is 1. The fourth-order valence-corrected chi connectivity index (χ4v) is 4.36. The summed E-state index contributed by atoms with van der Waals surface area (Å²) < 4.78 is 8.27. The number of hydrogen-bond donors (Lipinski definition) is 0. The van der Waals surface area contributed by atoms with Crippen molar-refractivity contribution in [2.24, 2.45) is 0 Å². The van der Waals surface area contributed by atoms with Crippen molar-refractivity contribution < 1.29 is 9.53 Å². The normalized spacial score (nSPS) is 16.4. The Kier molecular flexibility index (Phi) is 6.07. The molecule has 1 aliphatic heterocycles. The minimum atomic E-state index is 0.0849. The zero-order valence-corrected chi connectivity index (χ0v) is 18.2. The number of para-hydroxylation sites is 2. The molecule has 5 nitrogen and oxygen atoms in total. The fourth-order valence-electron chi connectivity index (χ4n) is 4.36. The summed E-state index contributed by atoms with van der Waals surface area (Å²) in [5, 5.41) is 0. The van der Waals surface area contributed by atoms with Crippen LogP contribution in [0.5, 0.6) is 5.75 Å². The average Bonchev–Trinajstić information content (AvgIpc) is 3.35. The van der Waals surface area contributed by atoms with E-state index in [1.165, 1.54) is 11.1 Å². The second kappa shape index (κ2) is 8.90. The maximum absolute atomic E-state index is 12.1. The molecule has 1 aliphatic rings. The van der Waals surface area contributed by atoms with Gasteiger partial charge in [-0.3, -0.25) is 4.79 Å². The first-order valence-electron chi connectivity index (χ1n) is 11.0. The monoisotopic (exact) mass is 405 g/mol. The molecule has 0 bridgehead atoms. The number of unbranched alkanes of at least 4 members (excludes halogenated alkanes) is 1. The standard InChI is InChI=1S/C25H31N3O2/c1-18-12-13-21(17-19(18)2)30-16-7-6-14-28-23-10-5-4-9-22(23)26-25(28)24-11-8-15-27(24)20(3)29/h4-5,9-10,12-13,17,24H,6-8,11,14-16H2,1-3H3. The SMILES string of the molecule is CC(=O)N1CCCC1c1nc2ccccc2n1CCCCOc1ccc(C)c(C)c1. The molecule has 1 unspecified atom stereocenters. The van der Waals surface area contributed by atoms with Gasteiger partial charge in [-0.15, -0.1) is 0 Å². The summed E-state index contributed by atoms with van der Waals surface area (Å²) in [5.74, 6) is 2.10. The molecule has 1 atom stereocenters. The number of aryl methyl sites for hydroxylation is 3. The number of aromatic nitrogens is 2. The molecule has 0 radical (unpaired) electrons. The first-order valence-corrected chi connectivity index (χ1v) is 11.0. The molecule has 0 aliphatic carbocycles. The third kappa shape index (κ3) is 4.20. The maximum atomic E-state index is 12.1. The van der Waals surface area contributed by atoms with E-state index in [4.69, 9.17) is 9.72 Å². The molecule has 0 spiro atoms. The number of nitrogens with zero attached hydrogens (tertiary/aromatic N) is 3. The van der Waals surface area contributed by atoms with Gasteiger partial charge in [0, 0.05) is 20.0 Å². The summed E-state index contributed by atoms with van der Waals surface area (Å²) in [7, 11) is 0. The summed E-state index contributed by atoms with van der Waals surface area (Å²) >= 11 is 0. The van der Waals surface area contributed by atoms with Crippen LogP contribution in [0.25, 0.3) is 11.0 Å². The van der Waals surface area contributed by atoms with Gasteiger partial charge in [0.15, 0.2) is 0 Å². The fraction of sp³-hybridized carbons (Fsp3) is 0.440. The van der Waals surface area contributed by atoms with Gasteiger partial charge in [0.1, 0.15) is 11.6 Å². The highest BCUT2D eigenvalue weighted by Gasteiger charge is 2.31. The Labute approximate surface area is 178 Å². The molecule has 0 saturated carbocycles. The van der Waals surface area contributed by atoms with Crippen molar-refractivity contribution in [2.45, 2.75) is 59.0 Å². The molecule has 3 aromatic rings. The van der Waals surface area contributed by atoms with Gasteiger partial charge in [0.05, 0.1) is 23.7 Å². The van der Waals surface area contributed by atoms with Crippen LogP contribution in [0.4, 0.5) is 0 Å². The van der Waals surface area contributed by atoms with Crippen molar-refractivity contribution in [3.05, 3.63) is 59.4 Å². The molecule has 1 fully saturated rings. The highest BCUT2D eigenvalue weighted by Crippen LogP contribution is 2.33. The van der Waals surface area contributed by atoms with Gasteiger partial charge in [-0.1, -0.05) is 18.2 Å². The van der Waals surface area contributed by atoms with Crippen molar-refractivity contribution >= 4 is 16.9 Å². The van der Waals surface area contributed by atoms with Crippen molar-refractivity contribution in [1.29, 1.82) is 0 Å². The van der Waals surface area contributed by atoms with E-state index >= 15 is 0 Å². The molecule has 158 valence electrons. The van der Waals surface area contributed by atoms with Gasteiger partial charge in [-0.25, -0.2) is 4.98 Å². The number of likely N-dealkylation sites (tertiary alicyclic amines) is 1. The Morgan fingerprint density at radius 3 is 2.77 bits per heavy atom. The van der Waals surface area contributed by atoms with Crippen LogP contribution in [0.3, 0.4) is 0 Å². The lowest BCUT2D eigenvalue weighted by Gasteiger charge is -2.24. The molecule has 1 amide bonds. The topological polar surface area (TPSA) is 47.4 Å². The summed E-state index contributed by atoms with van der Waals surface area (Å²) in [5.41, 5.74) is 4.70. The zero-order valence-electron chi connectivity index (χ0n) is 18.2. The summed E-state index contributed by atoms with van der Waals surface area (Å²) in [4.78, 5) is 19.0. The molecule has 5 heteroatoms. The Bertz CT molecular complexity index is 1040. The highest BCUT2D eigenvalue weighted by molar-refractivity contribution is 5.77. The number of fused-ring (bicyclic) bond motifs is 1. The van der Waals surface area contributed by atoms with E-state index in [-0.39, 0.29) is 11.9 Å². The van der Waals surface area contributed by atoms with Crippen molar-refractivity contribution in [3.8, 4) is 5.75 Å². The second-order valence-electron chi connectivity index (χ2n) is 8.28. The number of rotatable bonds is 7. The number of ether oxygens (including phenoxy) is 1. The number of amides is 1. The van der Waals surface area contributed by atoms with Crippen LogP contribution in [0.2, 0.25) is 0 Å². The third-order valence-corrected chi connectivity index (χ3v) is 6.16. The Balaban J connectivity index is 1.44. The minimum Gasteiger partial charge on any atom is -0.494 e. The Hall–Kier alpha value is -2.82. The van der Waals surface area contributed by atoms with Crippen LogP contribution in [-0.2, 0) is 11.3 Å². The number of imidazole rings is 1. The molecule has 4 rings (SSSR count). The minimum absolute atomic E-state index is 0.0849. The smallest absolute Gasteiger partial charge is 0.220 e. The van der Waals surface area contributed by atoms with Crippen LogP contribution >= 0.6 is 0 Å². The van der Waals surface area contributed by atoms with Gasteiger partial charge in [-0.05, 0) is 74.9 Å². The summed E-state index contributed by atoms with van der Waals surface area (Å²) in [6, 6.07) is 14.6. The van der Waals surface area contributed by atoms with Crippen molar-refractivity contribution in [1.82, 2.24) is 14.5 Å². The largest absolute Gasteiger partial charge is 0.494 e. The van der Waals surface area contributed by atoms with Crippen LogP contribution < -0.4 is 4.74 Å². The lowest BCUT2D eigenvalue weighted by molar-refractivity contribution is -0.129. The summed E-state index contributed by atoms with van der Waals surface area (Å²) in [6.07, 6.45) is 4.00. The van der Waals surface area contributed by atoms with E-state index in [9.17, 15) is 4.79 Å². The lowest BCUT2D eigenvalue weighted by atomic mass is 10.1. The van der Waals surface area contributed by atoms with Gasteiger partial charge < -0.3 is 14.2 Å². The van der Waals surface area contributed by atoms with Gasteiger partial charge in [0.2, 0.25) is 5.91 Å². The van der Waals surface area contributed by atoms with Gasteiger partial charge in [0.25, 0.3) is 0 Å². The molecule has 30 heavy (non-hydrogen) atoms. The van der Waals surface area contributed by atoms with E-state index in [1.54, 1.807) is 6.92 Å². The quantitative estimate of drug-likeness (QED) is 0.508. The number of carbonyl (C=O) groups is 1. The first-order chi connectivity index (χ1) is 14.5. The molecule has 1 saturated heterocycles. The van der Waals surface area contributed by atoms with Crippen LogP contribution in [-0.4, -0.2) is 33.5 Å².